The fourth-order valence-electron chi connectivity index (χ4n) is 9.56. The Balaban J connectivity index is 2.65. The zero-order valence-corrected chi connectivity index (χ0v) is 49.2. The van der Waals surface area contributed by atoms with Gasteiger partial charge in [-0.1, -0.05) is 243 Å². The summed E-state index contributed by atoms with van der Waals surface area (Å²) in [7, 11) is 0. The van der Waals surface area contributed by atoms with Crippen molar-refractivity contribution in [3.8, 4) is 0 Å². The van der Waals surface area contributed by atoms with E-state index in [1.165, 1.54) is 116 Å². The Bertz CT molecular complexity index is 1520. The van der Waals surface area contributed by atoms with Crippen LogP contribution in [0.15, 0.2) is 48.6 Å². The minimum atomic E-state index is -1.90. The topological polar surface area (TPSA) is 175 Å². The van der Waals surface area contributed by atoms with Crippen molar-refractivity contribution in [1.82, 2.24) is 0 Å². The van der Waals surface area contributed by atoms with Crippen LogP contribution in [-0.2, 0) is 42.9 Å². The van der Waals surface area contributed by atoms with Crippen molar-refractivity contribution in [2.24, 2.45) is 0 Å². The van der Waals surface area contributed by atoms with Crippen LogP contribution >= 0.6 is 0 Å². The molecule has 0 saturated carbocycles. The van der Waals surface area contributed by atoms with Crippen molar-refractivity contribution in [3.63, 3.8) is 0 Å². The van der Waals surface area contributed by atoms with Gasteiger partial charge in [-0.2, -0.15) is 0 Å². The van der Waals surface area contributed by atoms with Crippen molar-refractivity contribution in [2.75, 3.05) is 13.2 Å². The molecule has 12 heteroatoms. The Morgan fingerprint density at radius 2 is 0.818 bits per heavy atom. The van der Waals surface area contributed by atoms with Gasteiger partial charge in [0.2, 0.25) is 0 Å². The van der Waals surface area contributed by atoms with Gasteiger partial charge in [0.1, 0.15) is 18.8 Å². The number of esters is 3. The molecule has 446 valence electrons. The van der Waals surface area contributed by atoms with Gasteiger partial charge in [-0.05, 0) is 77.0 Å². The zero-order chi connectivity index (χ0) is 56.1. The highest BCUT2D eigenvalue weighted by Crippen LogP contribution is 2.27. The summed E-state index contributed by atoms with van der Waals surface area (Å²) in [5, 5.41) is 31.5. The number of carbonyl (C=O) groups is 4. The van der Waals surface area contributed by atoms with Gasteiger partial charge in [0.15, 0.2) is 24.6 Å². The molecule has 0 aliphatic carbocycles. The third-order valence-electron chi connectivity index (χ3n) is 14.4. The summed E-state index contributed by atoms with van der Waals surface area (Å²) < 4.78 is 28.5. The van der Waals surface area contributed by atoms with Crippen LogP contribution in [0.25, 0.3) is 0 Å². The second-order valence-corrected chi connectivity index (χ2v) is 21.7. The molecule has 1 heterocycles. The molecule has 0 aromatic heterocycles. The van der Waals surface area contributed by atoms with E-state index in [9.17, 15) is 34.5 Å². The van der Waals surface area contributed by atoms with Crippen molar-refractivity contribution in [3.05, 3.63) is 48.6 Å². The molecular formula is C65H114O12. The number of unbranched alkanes of at least 4 members (excludes halogenated alkanes) is 32. The molecule has 0 amide bonds. The largest absolute Gasteiger partial charge is 0.479 e. The smallest absolute Gasteiger partial charge is 0.335 e. The van der Waals surface area contributed by atoms with E-state index in [4.69, 9.17) is 23.7 Å². The Kier molecular flexibility index (Phi) is 49.7. The fourth-order valence-corrected chi connectivity index (χ4v) is 9.56. The molecule has 77 heavy (non-hydrogen) atoms. The normalized spacial score (nSPS) is 18.3. The summed E-state index contributed by atoms with van der Waals surface area (Å²) in [4.78, 5) is 51.2. The van der Waals surface area contributed by atoms with Crippen LogP contribution in [0.1, 0.15) is 290 Å². The molecule has 0 radical (unpaired) electrons. The minimum Gasteiger partial charge on any atom is -0.479 e. The van der Waals surface area contributed by atoms with E-state index in [1.807, 2.05) is 0 Å². The molecule has 0 aromatic carbocycles. The summed E-state index contributed by atoms with van der Waals surface area (Å²) in [6.07, 6.45) is 52.1. The minimum absolute atomic E-state index is 0.0632. The number of carboxylic acid groups (broad SMARTS) is 1. The van der Waals surface area contributed by atoms with E-state index in [1.54, 1.807) is 0 Å². The Morgan fingerprint density at radius 1 is 0.442 bits per heavy atom. The SMILES string of the molecule is CC/C=C\C/C=C\C/C=C\CCCCCCCCCC(=O)OCC(COC1OC(C(=O)O)C(O)C(O)C1OC(=O)CCCCCCCCCCCCCCCCCCC)OC(=O)CCCCCCC/C=C\CCCCCC. The summed E-state index contributed by atoms with van der Waals surface area (Å²) in [5.74, 6) is -3.12. The number of rotatable bonds is 54. The summed E-state index contributed by atoms with van der Waals surface area (Å²) in [6, 6.07) is 0. The van der Waals surface area contributed by atoms with Crippen LogP contribution in [0.4, 0.5) is 0 Å². The number of ether oxygens (including phenoxy) is 5. The summed E-state index contributed by atoms with van der Waals surface area (Å²) in [6.45, 7) is 5.89. The molecule has 1 aliphatic rings. The van der Waals surface area contributed by atoms with Gasteiger partial charge in [0.25, 0.3) is 0 Å². The first-order chi connectivity index (χ1) is 37.6. The maximum atomic E-state index is 13.2. The summed E-state index contributed by atoms with van der Waals surface area (Å²) in [5.41, 5.74) is 0. The molecule has 0 aromatic rings. The molecule has 3 N–H and O–H groups in total. The van der Waals surface area contributed by atoms with Crippen LogP contribution in [0, 0.1) is 0 Å². The van der Waals surface area contributed by atoms with E-state index < -0.39 is 67.3 Å². The first-order valence-corrected chi connectivity index (χ1v) is 31.6. The fraction of sp³-hybridized carbons (Fsp3) is 0.815. The molecular weight excluding hydrogens is 973 g/mol. The highest BCUT2D eigenvalue weighted by molar-refractivity contribution is 5.74. The van der Waals surface area contributed by atoms with Gasteiger partial charge in [0.05, 0.1) is 6.61 Å². The number of aliphatic hydroxyl groups excluding tert-OH is 2. The van der Waals surface area contributed by atoms with Gasteiger partial charge < -0.3 is 39.0 Å². The lowest BCUT2D eigenvalue weighted by Gasteiger charge is -2.40. The first kappa shape index (κ1) is 71.7. The predicted molar refractivity (Wildman–Crippen MR) is 312 cm³/mol. The van der Waals surface area contributed by atoms with Crippen molar-refractivity contribution in [1.29, 1.82) is 0 Å². The Morgan fingerprint density at radius 3 is 1.27 bits per heavy atom. The van der Waals surface area contributed by atoms with Gasteiger partial charge in [0, 0.05) is 19.3 Å². The number of carboxylic acids is 1. The molecule has 0 spiro atoms. The quantitative estimate of drug-likeness (QED) is 0.0228. The van der Waals surface area contributed by atoms with Crippen LogP contribution in [0.3, 0.4) is 0 Å². The van der Waals surface area contributed by atoms with Crippen LogP contribution in [0.5, 0.6) is 0 Å². The highest BCUT2D eigenvalue weighted by atomic mass is 16.7. The number of aliphatic hydroxyl groups is 2. The molecule has 6 atom stereocenters. The number of allylic oxidation sites excluding steroid dienone is 8. The monoisotopic (exact) mass is 1090 g/mol. The second-order valence-electron chi connectivity index (χ2n) is 21.7. The van der Waals surface area contributed by atoms with Gasteiger partial charge in [-0.15, -0.1) is 0 Å². The maximum absolute atomic E-state index is 13.2. The number of aliphatic carboxylic acids is 1. The standard InChI is InChI=1S/C65H114O12/c1-4-7-10-13-16-19-22-25-27-29-31-34-36-39-42-45-48-51-57(66)73-54-56(75-58(67)52-49-46-43-40-37-33-24-21-18-15-12-9-6-3)55-74-65-63(61(70)60(69)62(77-65)64(71)72)76-59(68)53-50-47-44-41-38-35-32-30-28-26-23-20-17-14-11-8-5-2/h7,10,16,19,21,24-25,27,56,60-63,65,69-70H,4-6,8-9,11-15,17-18,20,22-23,26,28-55H2,1-3H3,(H,71,72)/b10-7-,19-16-,24-21-,27-25-. The van der Waals surface area contributed by atoms with E-state index in [2.05, 4.69) is 69.4 Å². The van der Waals surface area contributed by atoms with Crippen molar-refractivity contribution < 1.29 is 58.2 Å². The Hall–Kier alpha value is -3.32. The number of hydrogen-bond acceptors (Lipinski definition) is 11. The lowest BCUT2D eigenvalue weighted by Crippen LogP contribution is -2.61. The predicted octanol–water partition coefficient (Wildman–Crippen LogP) is 16.6. The second kappa shape index (κ2) is 53.3. The number of hydrogen-bond donors (Lipinski definition) is 3. The molecule has 1 rings (SSSR count). The average Bonchev–Trinajstić information content (AvgIpc) is 3.42. The zero-order valence-electron chi connectivity index (χ0n) is 49.2. The lowest BCUT2D eigenvalue weighted by molar-refractivity contribution is -0.301. The van der Waals surface area contributed by atoms with Crippen LogP contribution < -0.4 is 0 Å². The van der Waals surface area contributed by atoms with Crippen LogP contribution in [0.2, 0.25) is 0 Å². The molecule has 0 bridgehead atoms. The third-order valence-corrected chi connectivity index (χ3v) is 14.4. The van der Waals surface area contributed by atoms with Gasteiger partial charge in [-0.3, -0.25) is 14.4 Å². The highest BCUT2D eigenvalue weighted by Gasteiger charge is 2.50. The number of carbonyl (C=O) groups excluding carboxylic acids is 3. The molecule has 12 nitrogen and oxygen atoms in total. The molecule has 1 saturated heterocycles. The van der Waals surface area contributed by atoms with E-state index in [0.717, 1.165) is 116 Å². The average molecular weight is 1090 g/mol. The summed E-state index contributed by atoms with van der Waals surface area (Å²) >= 11 is 0. The third kappa shape index (κ3) is 43.2. The lowest BCUT2D eigenvalue weighted by atomic mass is 9.98. The molecule has 6 unspecified atom stereocenters. The van der Waals surface area contributed by atoms with E-state index >= 15 is 0 Å². The maximum Gasteiger partial charge on any atom is 0.335 e. The van der Waals surface area contributed by atoms with Crippen molar-refractivity contribution >= 4 is 23.9 Å². The van der Waals surface area contributed by atoms with Crippen molar-refractivity contribution in [2.45, 2.75) is 327 Å². The van der Waals surface area contributed by atoms with Gasteiger partial charge >= 0.3 is 23.9 Å². The van der Waals surface area contributed by atoms with E-state index in [0.29, 0.717) is 19.3 Å². The Labute approximate surface area is 469 Å². The molecule has 1 aliphatic heterocycles. The molecule has 1 fully saturated rings. The van der Waals surface area contributed by atoms with E-state index in [-0.39, 0.29) is 25.9 Å². The van der Waals surface area contributed by atoms with Gasteiger partial charge in [-0.25, -0.2) is 4.79 Å². The first-order valence-electron chi connectivity index (χ1n) is 31.6. The van der Waals surface area contributed by atoms with Crippen LogP contribution in [-0.4, -0.2) is 89.2 Å².